The first-order valence-corrected chi connectivity index (χ1v) is 6.22. The highest BCUT2D eigenvalue weighted by Gasteiger charge is 2.15. The van der Waals surface area contributed by atoms with Gasteiger partial charge in [-0.1, -0.05) is 16.8 Å². The number of H-pyrrole nitrogens is 1. The first-order chi connectivity index (χ1) is 9.85. The van der Waals surface area contributed by atoms with Gasteiger partial charge in [-0.25, -0.2) is 4.98 Å². The Labute approximate surface area is 114 Å². The quantitative estimate of drug-likeness (QED) is 0.559. The third-order valence-electron chi connectivity index (χ3n) is 3.29. The number of hydrogen-bond donors (Lipinski definition) is 1. The number of methoxy groups -OCH3 is 1. The van der Waals surface area contributed by atoms with Crippen molar-refractivity contribution < 1.29 is 9.25 Å². The highest BCUT2D eigenvalue weighted by Crippen LogP contribution is 2.21. The molecule has 0 aliphatic rings. The molecule has 0 aliphatic carbocycles. The number of nitrogens with zero attached hydrogens (tertiary/aromatic N) is 4. The molecule has 0 radical (unpaired) electrons. The first-order valence-electron chi connectivity index (χ1n) is 6.22. The van der Waals surface area contributed by atoms with Crippen molar-refractivity contribution in [1.82, 2.24) is 19.7 Å². The molecule has 3 aromatic heterocycles. The highest BCUT2D eigenvalue weighted by atomic mass is 16.5. The normalized spacial score (nSPS) is 11.2. The van der Waals surface area contributed by atoms with Gasteiger partial charge in [-0.05, 0) is 17.7 Å². The zero-order valence-corrected chi connectivity index (χ0v) is 10.8. The molecule has 3 heterocycles. The molecule has 6 heteroatoms. The van der Waals surface area contributed by atoms with Crippen molar-refractivity contribution in [2.45, 2.75) is 0 Å². The summed E-state index contributed by atoms with van der Waals surface area (Å²) in [5.41, 5.74) is 3.77. The van der Waals surface area contributed by atoms with E-state index in [1.807, 2.05) is 45.8 Å². The Kier molecular flexibility index (Phi) is 2.23. The number of ether oxygens (including phenoxy) is 1. The van der Waals surface area contributed by atoms with Gasteiger partial charge in [0.2, 0.25) is 0 Å². The van der Waals surface area contributed by atoms with Gasteiger partial charge in [-0.2, -0.15) is 5.10 Å². The van der Waals surface area contributed by atoms with Crippen LogP contribution in [0.15, 0.2) is 49.1 Å². The number of fused-ring (bicyclic) bond motifs is 3. The molecule has 0 fully saturated rings. The fourth-order valence-electron chi connectivity index (χ4n) is 2.29. The predicted molar refractivity (Wildman–Crippen MR) is 72.5 cm³/mol. The SMILES string of the molecule is COc1ccc(-c2cn3[nH]c4nccnc4[n+]3c2)cc1. The second-order valence-corrected chi connectivity index (χ2v) is 4.47. The molecule has 0 aliphatic heterocycles. The van der Waals surface area contributed by atoms with Crippen LogP contribution in [-0.2, 0) is 0 Å². The third kappa shape index (κ3) is 1.55. The highest BCUT2D eigenvalue weighted by molar-refractivity contribution is 5.63. The maximum Gasteiger partial charge on any atom is 0.346 e. The summed E-state index contributed by atoms with van der Waals surface area (Å²) < 4.78 is 8.97. The predicted octanol–water partition coefficient (Wildman–Crippen LogP) is 1.47. The Morgan fingerprint density at radius 3 is 2.70 bits per heavy atom. The van der Waals surface area contributed by atoms with Crippen LogP contribution in [0.3, 0.4) is 0 Å². The van der Waals surface area contributed by atoms with Crippen LogP contribution in [0.1, 0.15) is 0 Å². The first kappa shape index (κ1) is 11.0. The molecule has 98 valence electrons. The average Bonchev–Trinajstić information content (AvgIpc) is 3.05. The van der Waals surface area contributed by atoms with Crippen LogP contribution in [0.2, 0.25) is 0 Å². The van der Waals surface area contributed by atoms with Crippen molar-refractivity contribution in [2.75, 3.05) is 7.11 Å². The number of aromatic amines is 1. The molecular weight excluding hydrogens is 254 g/mol. The monoisotopic (exact) mass is 266 g/mol. The Morgan fingerprint density at radius 1 is 1.10 bits per heavy atom. The zero-order chi connectivity index (χ0) is 13.5. The lowest BCUT2D eigenvalue weighted by molar-refractivity contribution is -0.594. The lowest BCUT2D eigenvalue weighted by Gasteiger charge is -1.99. The van der Waals surface area contributed by atoms with Crippen LogP contribution < -0.4 is 9.25 Å². The van der Waals surface area contributed by atoms with E-state index in [0.29, 0.717) is 0 Å². The number of benzene rings is 1. The summed E-state index contributed by atoms with van der Waals surface area (Å²) in [5, 5.41) is 3.17. The summed E-state index contributed by atoms with van der Waals surface area (Å²) in [6, 6.07) is 7.96. The molecule has 0 amide bonds. The Bertz CT molecular complexity index is 891. The van der Waals surface area contributed by atoms with E-state index >= 15 is 0 Å². The van der Waals surface area contributed by atoms with Gasteiger partial charge in [-0.15, -0.1) is 9.50 Å². The van der Waals surface area contributed by atoms with Gasteiger partial charge in [0.05, 0.1) is 19.5 Å². The van der Waals surface area contributed by atoms with E-state index in [-0.39, 0.29) is 0 Å². The standard InChI is InChI=1S/C14H12N5O/c1-20-12-4-2-10(3-5-12)11-8-18-14-13(15-6-7-16-14)17-19(18)9-11/h2-9H,1H3,(H,15,17)/q+1. The van der Waals surface area contributed by atoms with Crippen molar-refractivity contribution in [1.29, 1.82) is 0 Å². The van der Waals surface area contributed by atoms with Crippen LogP contribution in [-0.4, -0.2) is 26.8 Å². The Hall–Kier alpha value is -2.89. The van der Waals surface area contributed by atoms with Crippen LogP contribution in [0.5, 0.6) is 5.75 Å². The largest absolute Gasteiger partial charge is 0.497 e. The summed E-state index contributed by atoms with van der Waals surface area (Å²) in [7, 11) is 1.66. The molecule has 4 rings (SSSR count). The van der Waals surface area contributed by atoms with Gasteiger partial charge in [0.15, 0.2) is 0 Å². The maximum atomic E-state index is 5.17. The molecule has 20 heavy (non-hydrogen) atoms. The lowest BCUT2D eigenvalue weighted by atomic mass is 10.1. The minimum Gasteiger partial charge on any atom is -0.497 e. The second kappa shape index (κ2) is 4.06. The van der Waals surface area contributed by atoms with Gasteiger partial charge >= 0.3 is 5.65 Å². The van der Waals surface area contributed by atoms with E-state index in [0.717, 1.165) is 28.2 Å². The number of aromatic nitrogens is 5. The van der Waals surface area contributed by atoms with E-state index in [4.69, 9.17) is 4.74 Å². The Balaban J connectivity index is 1.87. The molecule has 0 atom stereocenters. The van der Waals surface area contributed by atoms with Gasteiger partial charge in [0.25, 0.3) is 5.65 Å². The third-order valence-corrected chi connectivity index (χ3v) is 3.29. The van der Waals surface area contributed by atoms with E-state index in [1.54, 1.807) is 19.5 Å². The molecule has 4 aromatic rings. The van der Waals surface area contributed by atoms with Crippen LogP contribution in [0.4, 0.5) is 0 Å². The summed E-state index contributed by atoms with van der Waals surface area (Å²) in [4.78, 5) is 8.57. The Morgan fingerprint density at radius 2 is 1.90 bits per heavy atom. The van der Waals surface area contributed by atoms with E-state index in [1.165, 1.54) is 0 Å². The van der Waals surface area contributed by atoms with E-state index in [2.05, 4.69) is 15.1 Å². The van der Waals surface area contributed by atoms with E-state index < -0.39 is 0 Å². The number of nitrogens with one attached hydrogen (secondary N) is 1. The van der Waals surface area contributed by atoms with Crippen LogP contribution in [0.25, 0.3) is 22.4 Å². The van der Waals surface area contributed by atoms with Crippen LogP contribution in [0, 0.1) is 0 Å². The second-order valence-electron chi connectivity index (χ2n) is 4.47. The van der Waals surface area contributed by atoms with Gasteiger partial charge < -0.3 is 4.74 Å². The number of hydrogen-bond acceptors (Lipinski definition) is 3. The molecule has 1 aromatic carbocycles. The molecular formula is C14H12N5O+. The lowest BCUT2D eigenvalue weighted by Crippen LogP contribution is -2.24. The average molecular weight is 266 g/mol. The summed E-state index contributed by atoms with van der Waals surface area (Å²) in [6.07, 6.45) is 7.38. The van der Waals surface area contributed by atoms with Crippen molar-refractivity contribution in [3.63, 3.8) is 0 Å². The summed E-state index contributed by atoms with van der Waals surface area (Å²) >= 11 is 0. The minimum absolute atomic E-state index is 0.758. The smallest absolute Gasteiger partial charge is 0.346 e. The van der Waals surface area contributed by atoms with Gasteiger partial charge in [-0.3, -0.25) is 0 Å². The van der Waals surface area contributed by atoms with Crippen molar-refractivity contribution in [3.8, 4) is 16.9 Å². The molecule has 0 saturated heterocycles. The number of rotatable bonds is 2. The topological polar surface area (TPSA) is 59.3 Å². The maximum absolute atomic E-state index is 5.17. The molecule has 0 spiro atoms. The molecule has 0 unspecified atom stereocenters. The fourth-order valence-corrected chi connectivity index (χ4v) is 2.29. The molecule has 6 nitrogen and oxygen atoms in total. The summed E-state index contributed by atoms with van der Waals surface area (Å²) in [6.45, 7) is 0. The van der Waals surface area contributed by atoms with Crippen LogP contribution >= 0.6 is 0 Å². The van der Waals surface area contributed by atoms with Gasteiger partial charge in [0, 0.05) is 5.56 Å². The molecule has 1 N–H and O–H groups in total. The molecule has 0 bridgehead atoms. The fraction of sp³-hybridized carbons (Fsp3) is 0.0714. The zero-order valence-electron chi connectivity index (χ0n) is 10.8. The van der Waals surface area contributed by atoms with Gasteiger partial charge in [0.1, 0.15) is 18.1 Å². The molecule has 0 saturated carbocycles. The summed E-state index contributed by atoms with van der Waals surface area (Å²) in [5.74, 6) is 0.850. The van der Waals surface area contributed by atoms with E-state index in [9.17, 15) is 0 Å². The van der Waals surface area contributed by atoms with Crippen molar-refractivity contribution >= 4 is 11.3 Å². The van der Waals surface area contributed by atoms with Crippen molar-refractivity contribution in [3.05, 3.63) is 49.1 Å². The minimum atomic E-state index is 0.758. The van der Waals surface area contributed by atoms with Crippen molar-refractivity contribution in [2.24, 2.45) is 0 Å².